The van der Waals surface area contributed by atoms with E-state index in [-0.39, 0.29) is 18.8 Å². The highest BCUT2D eigenvalue weighted by atomic mass is 16.8. The summed E-state index contributed by atoms with van der Waals surface area (Å²) in [4.78, 5) is 0. The maximum atomic E-state index is 8.84. The lowest BCUT2D eigenvalue weighted by molar-refractivity contribution is -0.144. The Hall–Kier alpha value is -0.380. The molecule has 3 nitrogen and oxygen atoms in total. The van der Waals surface area contributed by atoms with Crippen molar-refractivity contribution < 1.29 is 14.6 Å². The minimum atomic E-state index is -0.454. The van der Waals surface area contributed by atoms with E-state index in [1.54, 1.807) is 0 Å². The van der Waals surface area contributed by atoms with Crippen molar-refractivity contribution in [3.8, 4) is 0 Å². The Balaban J connectivity index is 2.05. The Labute approximate surface area is 78.3 Å². The van der Waals surface area contributed by atoms with Gasteiger partial charge in [-0.3, -0.25) is 0 Å². The van der Waals surface area contributed by atoms with E-state index < -0.39 is 5.79 Å². The molecule has 0 aromatic rings. The topological polar surface area (TPSA) is 38.7 Å². The van der Waals surface area contributed by atoms with Gasteiger partial charge in [0.25, 0.3) is 0 Å². The molecule has 1 N–H and O–H groups in total. The van der Waals surface area contributed by atoms with Gasteiger partial charge < -0.3 is 14.6 Å². The van der Waals surface area contributed by atoms with Crippen LogP contribution in [-0.2, 0) is 9.47 Å². The number of aliphatic hydroxyl groups is 1. The van der Waals surface area contributed by atoms with Gasteiger partial charge in [0.2, 0.25) is 0 Å². The smallest absolute Gasteiger partial charge is 0.164 e. The molecule has 0 aromatic heterocycles. The van der Waals surface area contributed by atoms with E-state index in [0.29, 0.717) is 6.42 Å². The van der Waals surface area contributed by atoms with Crippen LogP contribution in [0.15, 0.2) is 11.6 Å². The van der Waals surface area contributed by atoms with Crippen molar-refractivity contribution in [2.24, 2.45) is 0 Å². The maximum Gasteiger partial charge on any atom is 0.164 e. The molecule has 2 unspecified atom stereocenters. The average Bonchev–Trinajstić information content (AvgIpc) is 2.48. The quantitative estimate of drug-likeness (QED) is 0.656. The zero-order valence-corrected chi connectivity index (χ0v) is 8.12. The molecule has 1 aliphatic heterocycles. The van der Waals surface area contributed by atoms with Crippen LogP contribution in [0.3, 0.4) is 0 Å². The van der Waals surface area contributed by atoms with Gasteiger partial charge in [0, 0.05) is 6.61 Å². The molecule has 2 atom stereocenters. The third-order valence-electron chi connectivity index (χ3n) is 2.56. The van der Waals surface area contributed by atoms with Gasteiger partial charge in [-0.15, -0.1) is 0 Å². The molecule has 1 fully saturated rings. The van der Waals surface area contributed by atoms with E-state index in [1.165, 1.54) is 5.57 Å². The first-order valence-corrected chi connectivity index (χ1v) is 4.78. The zero-order valence-electron chi connectivity index (χ0n) is 8.12. The monoisotopic (exact) mass is 184 g/mol. The van der Waals surface area contributed by atoms with Crippen LogP contribution in [0.1, 0.15) is 26.7 Å². The van der Waals surface area contributed by atoms with E-state index in [1.807, 2.05) is 13.8 Å². The highest BCUT2D eigenvalue weighted by Crippen LogP contribution is 2.38. The summed E-state index contributed by atoms with van der Waals surface area (Å²) in [6.07, 6.45) is 4.02. The zero-order chi connectivity index (χ0) is 9.47. The van der Waals surface area contributed by atoms with Crippen LogP contribution in [0.2, 0.25) is 0 Å². The Morgan fingerprint density at radius 3 is 3.00 bits per heavy atom. The van der Waals surface area contributed by atoms with Crippen LogP contribution in [0.4, 0.5) is 0 Å². The first-order valence-electron chi connectivity index (χ1n) is 4.78. The van der Waals surface area contributed by atoms with Crippen LogP contribution in [0.25, 0.3) is 0 Å². The largest absolute Gasteiger partial charge is 0.396 e. The number of hydrogen-bond donors (Lipinski definition) is 1. The lowest BCUT2D eigenvalue weighted by Gasteiger charge is -2.18. The standard InChI is InChI=1S/C10H16O3/c1-10(2)12-8-4-3-7(5-6-11)9(8)13-10/h3,8-9,11H,4-6H2,1-2H3. The SMILES string of the molecule is CC1(C)OC2CC=C(CCO)C2O1. The minimum absolute atomic E-state index is 0.0853. The molecule has 0 aromatic carbocycles. The lowest BCUT2D eigenvalue weighted by Crippen LogP contribution is -2.22. The predicted molar refractivity (Wildman–Crippen MR) is 48.2 cm³/mol. The number of aliphatic hydroxyl groups excluding tert-OH is 1. The lowest BCUT2D eigenvalue weighted by atomic mass is 10.1. The van der Waals surface area contributed by atoms with Gasteiger partial charge >= 0.3 is 0 Å². The molecular weight excluding hydrogens is 168 g/mol. The van der Waals surface area contributed by atoms with E-state index in [4.69, 9.17) is 14.6 Å². The van der Waals surface area contributed by atoms with E-state index in [9.17, 15) is 0 Å². The van der Waals surface area contributed by atoms with Crippen molar-refractivity contribution in [3.05, 3.63) is 11.6 Å². The molecule has 74 valence electrons. The fourth-order valence-corrected chi connectivity index (χ4v) is 2.08. The third kappa shape index (κ3) is 1.64. The first-order chi connectivity index (χ1) is 6.12. The van der Waals surface area contributed by atoms with E-state index in [0.717, 1.165) is 6.42 Å². The van der Waals surface area contributed by atoms with Crippen LogP contribution in [0.5, 0.6) is 0 Å². The van der Waals surface area contributed by atoms with E-state index in [2.05, 4.69) is 6.08 Å². The van der Waals surface area contributed by atoms with Crippen LogP contribution < -0.4 is 0 Å². The Bertz CT molecular complexity index is 232. The molecule has 2 aliphatic rings. The van der Waals surface area contributed by atoms with Crippen molar-refractivity contribution in [3.63, 3.8) is 0 Å². The van der Waals surface area contributed by atoms with E-state index >= 15 is 0 Å². The molecule has 0 bridgehead atoms. The molecule has 1 heterocycles. The summed E-state index contributed by atoms with van der Waals surface area (Å²) < 4.78 is 11.4. The second kappa shape index (κ2) is 3.08. The molecule has 2 rings (SSSR count). The average molecular weight is 184 g/mol. The molecule has 0 spiro atoms. The summed E-state index contributed by atoms with van der Waals surface area (Å²) >= 11 is 0. The maximum absolute atomic E-state index is 8.84. The van der Waals surface area contributed by atoms with Crippen LogP contribution in [-0.4, -0.2) is 29.7 Å². The highest BCUT2D eigenvalue weighted by molar-refractivity contribution is 5.20. The summed E-state index contributed by atoms with van der Waals surface area (Å²) in [6.45, 7) is 4.06. The molecule has 0 saturated carbocycles. The Kier molecular flexibility index (Phi) is 2.18. The van der Waals surface area contributed by atoms with Crippen molar-refractivity contribution in [1.82, 2.24) is 0 Å². The van der Waals surface area contributed by atoms with Gasteiger partial charge in [0.05, 0.1) is 6.10 Å². The number of rotatable bonds is 2. The second-order valence-corrected chi connectivity index (χ2v) is 4.08. The van der Waals surface area contributed by atoms with Crippen LogP contribution >= 0.6 is 0 Å². The fourth-order valence-electron chi connectivity index (χ4n) is 2.08. The summed E-state index contributed by atoms with van der Waals surface area (Å²) in [7, 11) is 0. The van der Waals surface area contributed by atoms with Gasteiger partial charge in [-0.1, -0.05) is 6.08 Å². The van der Waals surface area contributed by atoms with Gasteiger partial charge in [-0.25, -0.2) is 0 Å². The Morgan fingerprint density at radius 1 is 1.54 bits per heavy atom. The summed E-state index contributed by atoms with van der Waals surface area (Å²) in [5.41, 5.74) is 1.19. The van der Waals surface area contributed by atoms with Gasteiger partial charge in [0.15, 0.2) is 5.79 Å². The van der Waals surface area contributed by atoms with Crippen LogP contribution in [0, 0.1) is 0 Å². The van der Waals surface area contributed by atoms with Crippen molar-refractivity contribution >= 4 is 0 Å². The summed E-state index contributed by atoms with van der Waals surface area (Å²) in [6, 6.07) is 0. The van der Waals surface area contributed by atoms with Gasteiger partial charge in [0.1, 0.15) is 6.10 Å². The van der Waals surface area contributed by atoms with Crippen molar-refractivity contribution in [1.29, 1.82) is 0 Å². The molecule has 3 heteroatoms. The normalized spacial score (nSPS) is 36.1. The predicted octanol–water partition coefficient (Wildman–Crippen LogP) is 1.22. The van der Waals surface area contributed by atoms with Gasteiger partial charge in [-0.2, -0.15) is 0 Å². The number of ether oxygens (including phenoxy) is 2. The third-order valence-corrected chi connectivity index (χ3v) is 2.56. The summed E-state index contributed by atoms with van der Waals surface area (Å²) in [5.74, 6) is -0.454. The number of fused-ring (bicyclic) bond motifs is 1. The molecular formula is C10H16O3. The molecule has 0 amide bonds. The molecule has 0 radical (unpaired) electrons. The molecule has 1 aliphatic carbocycles. The van der Waals surface area contributed by atoms with Crippen molar-refractivity contribution in [2.45, 2.75) is 44.7 Å². The number of hydrogen-bond acceptors (Lipinski definition) is 3. The summed E-state index contributed by atoms with van der Waals surface area (Å²) in [5, 5.41) is 8.84. The first kappa shape index (κ1) is 9.19. The highest BCUT2D eigenvalue weighted by Gasteiger charge is 2.44. The second-order valence-electron chi connectivity index (χ2n) is 4.08. The Morgan fingerprint density at radius 2 is 2.31 bits per heavy atom. The minimum Gasteiger partial charge on any atom is -0.396 e. The fraction of sp³-hybridized carbons (Fsp3) is 0.800. The van der Waals surface area contributed by atoms with Crippen molar-refractivity contribution in [2.75, 3.05) is 6.61 Å². The van der Waals surface area contributed by atoms with Gasteiger partial charge in [-0.05, 0) is 32.3 Å². The molecule has 13 heavy (non-hydrogen) atoms. The molecule has 1 saturated heterocycles.